The van der Waals surface area contributed by atoms with Crippen LogP contribution in [0, 0.1) is 17.3 Å². The second-order valence-corrected chi connectivity index (χ2v) is 5.95. The van der Waals surface area contributed by atoms with Gasteiger partial charge in [-0.1, -0.05) is 42.5 Å². The minimum atomic E-state index is -0.524. The lowest BCUT2D eigenvalue weighted by Crippen LogP contribution is -2.40. The number of aliphatic hydroxyl groups is 1. The summed E-state index contributed by atoms with van der Waals surface area (Å²) < 4.78 is 0. The van der Waals surface area contributed by atoms with Gasteiger partial charge in [0.15, 0.2) is 0 Å². The van der Waals surface area contributed by atoms with Crippen LogP contribution < -0.4 is 4.90 Å². The zero-order chi connectivity index (χ0) is 13.7. The molecule has 2 fully saturated rings. The summed E-state index contributed by atoms with van der Waals surface area (Å²) in [6.45, 7) is 0.703. The minimum Gasteiger partial charge on any atom is -0.392 e. The van der Waals surface area contributed by atoms with E-state index >= 15 is 0 Å². The predicted octanol–water partition coefficient (Wildman–Crippen LogP) is 2.14. The summed E-state index contributed by atoms with van der Waals surface area (Å²) in [5.74, 6) is 0.269. The fourth-order valence-corrected chi connectivity index (χ4v) is 4.14. The number of allylic oxidation sites excluding steroid dienone is 2. The number of hydrogen-bond donors (Lipinski definition) is 1. The lowest BCUT2D eigenvalue weighted by atomic mass is 9.71. The number of rotatable bonds is 1. The molecule has 0 aromatic heterocycles. The fourth-order valence-electron chi connectivity index (χ4n) is 4.14. The average molecular weight is 267 g/mol. The van der Waals surface area contributed by atoms with Crippen LogP contribution in [0.5, 0.6) is 0 Å². The molecular weight excluding hydrogens is 250 g/mol. The number of hydrogen-bond acceptors (Lipinski definition) is 2. The maximum atomic E-state index is 13.0. The Morgan fingerprint density at radius 2 is 2.00 bits per heavy atom. The Hall–Kier alpha value is -1.87. The van der Waals surface area contributed by atoms with Crippen LogP contribution in [-0.4, -0.2) is 23.7 Å². The van der Waals surface area contributed by atoms with Gasteiger partial charge in [-0.15, -0.1) is 0 Å². The third-order valence-corrected chi connectivity index (χ3v) is 5.06. The summed E-state index contributed by atoms with van der Waals surface area (Å²) in [7, 11) is 0. The first-order valence-electron chi connectivity index (χ1n) is 7.14. The van der Waals surface area contributed by atoms with Crippen molar-refractivity contribution in [3.63, 3.8) is 0 Å². The Bertz CT molecular complexity index is 607. The maximum Gasteiger partial charge on any atom is 0.238 e. The van der Waals surface area contributed by atoms with Crippen LogP contribution in [-0.2, 0) is 4.79 Å². The van der Waals surface area contributed by atoms with Crippen molar-refractivity contribution in [3.8, 4) is 0 Å². The van der Waals surface area contributed by atoms with Crippen LogP contribution in [0.1, 0.15) is 6.42 Å². The standard InChI is InChI=1S/C17H17NO2/c19-15-10-12-11-18(13-6-2-1-3-7-13)16(20)17(12)9-5-4-8-14(15)17/h1-9,12,14-15,19H,10-11H2/t12-,14+,15+,17+/m1/s1. The van der Waals surface area contributed by atoms with Crippen molar-refractivity contribution in [1.29, 1.82) is 0 Å². The van der Waals surface area contributed by atoms with Gasteiger partial charge in [0.1, 0.15) is 0 Å². The highest BCUT2D eigenvalue weighted by Gasteiger charge is 2.63. The molecular formula is C17H17NO2. The smallest absolute Gasteiger partial charge is 0.238 e. The molecule has 1 saturated carbocycles. The van der Waals surface area contributed by atoms with Crippen LogP contribution >= 0.6 is 0 Å². The first-order valence-corrected chi connectivity index (χ1v) is 7.14. The van der Waals surface area contributed by atoms with Crippen LogP contribution in [0.15, 0.2) is 54.6 Å². The fraction of sp³-hybridized carbons (Fsp3) is 0.353. The number of carbonyl (C=O) groups is 1. The molecule has 2 aliphatic carbocycles. The van der Waals surface area contributed by atoms with Crippen LogP contribution in [0.4, 0.5) is 5.69 Å². The molecule has 102 valence electrons. The topological polar surface area (TPSA) is 40.5 Å². The van der Waals surface area contributed by atoms with Crippen LogP contribution in [0.3, 0.4) is 0 Å². The summed E-state index contributed by atoms with van der Waals surface area (Å²) in [6.07, 6.45) is 8.21. The van der Waals surface area contributed by atoms with E-state index in [-0.39, 0.29) is 17.7 Å². The molecule has 3 heteroatoms. The Morgan fingerprint density at radius 3 is 2.80 bits per heavy atom. The van der Waals surface area contributed by atoms with E-state index in [1.807, 2.05) is 59.5 Å². The molecule has 1 N–H and O–H groups in total. The van der Waals surface area contributed by atoms with Crippen molar-refractivity contribution in [2.75, 3.05) is 11.4 Å². The van der Waals surface area contributed by atoms with Crippen molar-refractivity contribution in [3.05, 3.63) is 54.6 Å². The molecule has 1 heterocycles. The summed E-state index contributed by atoms with van der Waals surface area (Å²) >= 11 is 0. The number of amides is 1. The monoisotopic (exact) mass is 267 g/mol. The zero-order valence-electron chi connectivity index (χ0n) is 11.1. The highest BCUT2D eigenvalue weighted by molar-refractivity contribution is 6.02. The van der Waals surface area contributed by atoms with E-state index in [4.69, 9.17) is 0 Å². The van der Waals surface area contributed by atoms with Crippen molar-refractivity contribution in [1.82, 2.24) is 0 Å². The highest BCUT2D eigenvalue weighted by Crippen LogP contribution is 2.56. The van der Waals surface area contributed by atoms with Crippen LogP contribution in [0.2, 0.25) is 0 Å². The second kappa shape index (κ2) is 4.06. The summed E-state index contributed by atoms with van der Waals surface area (Å²) in [5, 5.41) is 10.2. The third kappa shape index (κ3) is 1.36. The quantitative estimate of drug-likeness (QED) is 0.847. The number of nitrogens with zero attached hydrogens (tertiary/aromatic N) is 1. The Balaban J connectivity index is 1.77. The van der Waals surface area contributed by atoms with Gasteiger partial charge in [0.2, 0.25) is 5.91 Å². The number of anilines is 1. The first kappa shape index (κ1) is 11.9. The van der Waals surface area contributed by atoms with Gasteiger partial charge in [-0.2, -0.15) is 0 Å². The van der Waals surface area contributed by atoms with E-state index in [1.54, 1.807) is 0 Å². The highest BCUT2D eigenvalue weighted by atomic mass is 16.3. The number of carbonyl (C=O) groups excluding carboxylic acids is 1. The molecule has 1 spiro atoms. The van der Waals surface area contributed by atoms with Gasteiger partial charge in [-0.05, 0) is 24.5 Å². The Kier molecular flexibility index (Phi) is 2.42. The van der Waals surface area contributed by atoms with E-state index in [1.165, 1.54) is 0 Å². The van der Waals surface area contributed by atoms with Gasteiger partial charge < -0.3 is 10.0 Å². The SMILES string of the molecule is O=C1N(c2ccccc2)C[C@H]2C[C@H](O)[C@@H]3C=CC=C[C@]123. The van der Waals surface area contributed by atoms with E-state index in [2.05, 4.69) is 0 Å². The first-order chi connectivity index (χ1) is 9.73. The predicted molar refractivity (Wildman–Crippen MR) is 77.1 cm³/mol. The van der Waals surface area contributed by atoms with Gasteiger partial charge in [-0.25, -0.2) is 0 Å². The van der Waals surface area contributed by atoms with Crippen molar-refractivity contribution >= 4 is 11.6 Å². The van der Waals surface area contributed by atoms with Gasteiger partial charge in [0.25, 0.3) is 0 Å². The Labute approximate surface area is 118 Å². The van der Waals surface area contributed by atoms with Crippen molar-refractivity contribution < 1.29 is 9.90 Å². The molecule has 1 aromatic carbocycles. The molecule has 4 atom stereocenters. The van der Waals surface area contributed by atoms with Gasteiger partial charge in [-0.3, -0.25) is 4.79 Å². The summed E-state index contributed by atoms with van der Waals surface area (Å²) in [6, 6.07) is 9.82. The molecule has 3 aliphatic rings. The molecule has 1 amide bonds. The third-order valence-electron chi connectivity index (χ3n) is 5.06. The van der Waals surface area contributed by atoms with Crippen LogP contribution in [0.25, 0.3) is 0 Å². The molecule has 1 aliphatic heterocycles. The zero-order valence-corrected chi connectivity index (χ0v) is 11.1. The lowest BCUT2D eigenvalue weighted by Gasteiger charge is -2.31. The average Bonchev–Trinajstić information content (AvgIpc) is 2.92. The van der Waals surface area contributed by atoms with E-state index in [0.29, 0.717) is 13.0 Å². The Morgan fingerprint density at radius 1 is 1.20 bits per heavy atom. The number of aliphatic hydroxyl groups excluding tert-OH is 1. The minimum absolute atomic E-state index is 0.0706. The number of benzene rings is 1. The summed E-state index contributed by atoms with van der Waals surface area (Å²) in [5.41, 5.74) is 0.432. The molecule has 4 rings (SSSR count). The maximum absolute atomic E-state index is 13.0. The second-order valence-electron chi connectivity index (χ2n) is 5.95. The summed E-state index contributed by atoms with van der Waals surface area (Å²) in [4.78, 5) is 14.9. The van der Waals surface area contributed by atoms with E-state index in [9.17, 15) is 9.90 Å². The van der Waals surface area contributed by atoms with Crippen molar-refractivity contribution in [2.45, 2.75) is 12.5 Å². The molecule has 20 heavy (non-hydrogen) atoms. The largest absolute Gasteiger partial charge is 0.392 e. The van der Waals surface area contributed by atoms with Gasteiger partial charge >= 0.3 is 0 Å². The number of para-hydroxylation sites is 1. The molecule has 0 unspecified atom stereocenters. The molecule has 1 saturated heterocycles. The van der Waals surface area contributed by atoms with Crippen molar-refractivity contribution in [2.24, 2.45) is 17.3 Å². The lowest BCUT2D eigenvalue weighted by molar-refractivity contribution is -0.125. The van der Waals surface area contributed by atoms with Gasteiger partial charge in [0.05, 0.1) is 11.5 Å². The van der Waals surface area contributed by atoms with E-state index in [0.717, 1.165) is 5.69 Å². The van der Waals surface area contributed by atoms with Gasteiger partial charge in [0, 0.05) is 18.2 Å². The molecule has 1 aromatic rings. The van der Waals surface area contributed by atoms with E-state index < -0.39 is 11.5 Å². The molecule has 3 nitrogen and oxygen atoms in total. The molecule has 0 radical (unpaired) electrons. The molecule has 0 bridgehead atoms. The normalized spacial score (nSPS) is 38.1.